The van der Waals surface area contributed by atoms with Crippen LogP contribution in [-0.4, -0.2) is 27.4 Å². The fourth-order valence-corrected chi connectivity index (χ4v) is 4.05. The molecule has 1 amide bonds. The number of hydrogen-bond donors (Lipinski definition) is 2. The maximum absolute atomic E-state index is 12.6. The van der Waals surface area contributed by atoms with Crippen LogP contribution in [0.1, 0.15) is 41.3 Å². The van der Waals surface area contributed by atoms with E-state index in [1.54, 1.807) is 6.20 Å². The normalized spacial score (nSPS) is 18.3. The molecule has 2 aromatic heterocycles. The van der Waals surface area contributed by atoms with Crippen molar-refractivity contribution in [1.82, 2.24) is 15.2 Å². The Bertz CT molecular complexity index is 1050. The number of aromatic nitrogens is 1. The van der Waals surface area contributed by atoms with Crippen LogP contribution in [0.2, 0.25) is 0 Å². The van der Waals surface area contributed by atoms with Crippen molar-refractivity contribution in [1.29, 1.82) is 0 Å². The summed E-state index contributed by atoms with van der Waals surface area (Å²) < 4.78 is 5.95. The highest BCUT2D eigenvalue weighted by molar-refractivity contribution is 7.80. The third-order valence-corrected chi connectivity index (χ3v) is 5.60. The van der Waals surface area contributed by atoms with E-state index in [4.69, 9.17) is 16.6 Å². The molecule has 3 heterocycles. The van der Waals surface area contributed by atoms with Gasteiger partial charge in [-0.15, -0.1) is 0 Å². The Balaban J connectivity index is 1.52. The van der Waals surface area contributed by atoms with Crippen LogP contribution in [0.5, 0.6) is 0 Å². The summed E-state index contributed by atoms with van der Waals surface area (Å²) in [6.07, 6.45) is 2.07. The highest BCUT2D eigenvalue weighted by atomic mass is 32.1. The Morgan fingerprint density at radius 3 is 2.67 bits per heavy atom. The van der Waals surface area contributed by atoms with Crippen molar-refractivity contribution in [2.45, 2.75) is 32.4 Å². The van der Waals surface area contributed by atoms with E-state index < -0.39 is 0 Å². The third kappa shape index (κ3) is 4.21. The Morgan fingerprint density at radius 1 is 1.17 bits per heavy atom. The van der Waals surface area contributed by atoms with Crippen molar-refractivity contribution in [2.24, 2.45) is 0 Å². The van der Waals surface area contributed by atoms with Crippen LogP contribution in [0.3, 0.4) is 0 Å². The van der Waals surface area contributed by atoms with Crippen LogP contribution in [0.4, 0.5) is 5.69 Å². The predicted molar refractivity (Wildman–Crippen MR) is 120 cm³/mol. The quantitative estimate of drug-likeness (QED) is 0.580. The maximum atomic E-state index is 12.6. The molecule has 4 rings (SSSR count). The van der Waals surface area contributed by atoms with Gasteiger partial charge in [0.15, 0.2) is 5.11 Å². The van der Waals surface area contributed by atoms with Gasteiger partial charge in [-0.3, -0.25) is 9.78 Å². The molecule has 0 radical (unpaired) electrons. The topological polar surface area (TPSA) is 70.4 Å². The smallest absolute Gasteiger partial charge is 0.226 e. The summed E-state index contributed by atoms with van der Waals surface area (Å²) in [6.45, 7) is 4.36. The van der Waals surface area contributed by atoms with Gasteiger partial charge in [0.05, 0.1) is 11.7 Å². The summed E-state index contributed by atoms with van der Waals surface area (Å²) in [5.74, 6) is 1.58. The number of hydrogen-bond acceptors (Lipinski definition) is 4. The number of amides is 1. The number of furan rings is 1. The number of pyridine rings is 1. The zero-order chi connectivity index (χ0) is 21.1. The van der Waals surface area contributed by atoms with Gasteiger partial charge in [0, 0.05) is 24.8 Å². The lowest BCUT2D eigenvalue weighted by molar-refractivity contribution is -0.116. The summed E-state index contributed by atoms with van der Waals surface area (Å²) in [6, 6.07) is 17.1. The summed E-state index contributed by atoms with van der Waals surface area (Å²) in [5, 5.41) is 6.94. The van der Waals surface area contributed by atoms with Crippen LogP contribution >= 0.6 is 12.2 Å². The Labute approximate surface area is 181 Å². The zero-order valence-electron chi connectivity index (χ0n) is 17.0. The second kappa shape index (κ2) is 8.67. The molecular formula is C23H24N4O2S. The van der Waals surface area contributed by atoms with Gasteiger partial charge in [-0.05, 0) is 62.0 Å². The second-order valence-corrected chi connectivity index (χ2v) is 7.77. The first-order valence-corrected chi connectivity index (χ1v) is 10.3. The van der Waals surface area contributed by atoms with E-state index in [1.165, 1.54) is 0 Å². The van der Waals surface area contributed by atoms with E-state index in [-0.39, 0.29) is 18.0 Å². The number of nitrogens with zero attached hydrogens (tertiary/aromatic N) is 2. The molecule has 0 aliphatic carbocycles. The Morgan fingerprint density at radius 2 is 1.97 bits per heavy atom. The second-order valence-electron chi connectivity index (χ2n) is 7.38. The van der Waals surface area contributed by atoms with Gasteiger partial charge in [0.1, 0.15) is 17.6 Å². The molecule has 7 heteroatoms. The van der Waals surface area contributed by atoms with Gasteiger partial charge in [0.25, 0.3) is 0 Å². The van der Waals surface area contributed by atoms with Crippen molar-refractivity contribution < 1.29 is 9.21 Å². The molecule has 1 saturated heterocycles. The predicted octanol–water partition coefficient (Wildman–Crippen LogP) is 4.29. The molecule has 0 bridgehead atoms. The molecule has 30 heavy (non-hydrogen) atoms. The fourth-order valence-electron chi connectivity index (χ4n) is 3.72. The molecule has 0 unspecified atom stereocenters. The van der Waals surface area contributed by atoms with Crippen molar-refractivity contribution in [3.8, 4) is 0 Å². The van der Waals surface area contributed by atoms with Gasteiger partial charge in [-0.2, -0.15) is 0 Å². The molecule has 2 atom stereocenters. The molecule has 1 aliphatic heterocycles. The van der Waals surface area contributed by atoms with Gasteiger partial charge in [-0.1, -0.05) is 24.3 Å². The Hall–Kier alpha value is -3.19. The van der Waals surface area contributed by atoms with Crippen LogP contribution in [0.25, 0.3) is 0 Å². The largest absolute Gasteiger partial charge is 0.464 e. The van der Waals surface area contributed by atoms with Crippen molar-refractivity contribution >= 4 is 28.9 Å². The van der Waals surface area contributed by atoms with Crippen molar-refractivity contribution in [3.05, 3.63) is 83.6 Å². The monoisotopic (exact) mass is 420 g/mol. The van der Waals surface area contributed by atoms with Gasteiger partial charge in [-0.25, -0.2) is 0 Å². The molecule has 1 aliphatic rings. The molecule has 3 aromatic rings. The fraction of sp³-hybridized carbons (Fsp3) is 0.261. The van der Waals surface area contributed by atoms with E-state index in [9.17, 15) is 4.79 Å². The average molecular weight is 421 g/mol. The summed E-state index contributed by atoms with van der Waals surface area (Å²) in [4.78, 5) is 19.1. The van der Waals surface area contributed by atoms with Gasteiger partial charge < -0.3 is 20.0 Å². The molecule has 6 nitrogen and oxygen atoms in total. The summed E-state index contributed by atoms with van der Waals surface area (Å²) in [5.41, 5.74) is 2.74. The Kier molecular flexibility index (Phi) is 5.81. The van der Waals surface area contributed by atoms with Crippen molar-refractivity contribution in [2.75, 3.05) is 11.9 Å². The highest BCUT2D eigenvalue weighted by Crippen LogP contribution is 2.39. The molecule has 0 spiro atoms. The van der Waals surface area contributed by atoms with E-state index in [0.29, 0.717) is 18.1 Å². The number of nitrogens with one attached hydrogen (secondary N) is 2. The number of para-hydroxylation sites is 1. The minimum atomic E-state index is -0.174. The van der Waals surface area contributed by atoms with Gasteiger partial charge >= 0.3 is 0 Å². The number of carbonyl (C=O) groups is 1. The average Bonchev–Trinajstić information content (AvgIpc) is 3.31. The van der Waals surface area contributed by atoms with E-state index in [1.807, 2.05) is 73.3 Å². The maximum Gasteiger partial charge on any atom is 0.226 e. The first kappa shape index (κ1) is 20.1. The third-order valence-electron chi connectivity index (χ3n) is 5.25. The van der Waals surface area contributed by atoms with Crippen LogP contribution < -0.4 is 10.6 Å². The number of aryl methyl sites for hydroxylation is 2. The highest BCUT2D eigenvalue weighted by Gasteiger charge is 2.41. The number of thiocarbonyl (C=S) groups is 1. The van der Waals surface area contributed by atoms with Crippen LogP contribution in [0, 0.1) is 13.8 Å². The summed E-state index contributed by atoms with van der Waals surface area (Å²) in [7, 11) is 0. The van der Waals surface area contributed by atoms with E-state index in [0.717, 1.165) is 28.5 Å². The minimum Gasteiger partial charge on any atom is -0.464 e. The first-order chi connectivity index (χ1) is 14.5. The SMILES string of the molecule is Cc1ccc([C@H]2[C@@H](c3ccccn3)NC(=S)N2CCC(=O)Nc2ccccc2C)o1. The number of benzene rings is 1. The first-order valence-electron chi connectivity index (χ1n) is 9.93. The van der Waals surface area contributed by atoms with Crippen LogP contribution in [0.15, 0.2) is 65.2 Å². The van der Waals surface area contributed by atoms with Crippen LogP contribution in [-0.2, 0) is 4.79 Å². The molecule has 1 fully saturated rings. The standard InChI is InChI=1S/C23H24N4O2S/c1-15-7-3-4-8-17(15)25-20(28)12-14-27-22(19-11-10-16(2)29-19)21(26-23(27)30)18-9-5-6-13-24-18/h3-11,13,21-22H,12,14H2,1-2H3,(H,25,28)(H,26,30)/t21-,22+/m1/s1. The summed E-state index contributed by atoms with van der Waals surface area (Å²) >= 11 is 5.62. The molecule has 154 valence electrons. The molecule has 1 aromatic carbocycles. The lowest BCUT2D eigenvalue weighted by Gasteiger charge is -2.25. The van der Waals surface area contributed by atoms with E-state index >= 15 is 0 Å². The van der Waals surface area contributed by atoms with Gasteiger partial charge in [0.2, 0.25) is 5.91 Å². The molecule has 0 saturated carbocycles. The lowest BCUT2D eigenvalue weighted by Crippen LogP contribution is -2.32. The van der Waals surface area contributed by atoms with Crippen molar-refractivity contribution in [3.63, 3.8) is 0 Å². The minimum absolute atomic E-state index is 0.0530. The number of rotatable bonds is 6. The molecular weight excluding hydrogens is 396 g/mol. The van der Waals surface area contributed by atoms with E-state index in [2.05, 4.69) is 15.6 Å². The number of anilines is 1. The molecule has 2 N–H and O–H groups in total. The lowest BCUT2D eigenvalue weighted by atomic mass is 10.0. The number of carbonyl (C=O) groups excluding carboxylic acids is 1. The zero-order valence-corrected chi connectivity index (χ0v) is 17.8.